The Balaban J connectivity index is 1.87. The van der Waals surface area contributed by atoms with E-state index in [1.54, 1.807) is 6.08 Å². The molecule has 0 atom stereocenters. The maximum absolute atomic E-state index is 11.7. The lowest BCUT2D eigenvalue weighted by molar-refractivity contribution is 0.269. The van der Waals surface area contributed by atoms with Crippen molar-refractivity contribution >= 4 is 12.7 Å². The van der Waals surface area contributed by atoms with Gasteiger partial charge in [-0.3, -0.25) is 0 Å². The zero-order valence-electron chi connectivity index (χ0n) is 14.9. The minimum absolute atomic E-state index is 0.390. The fourth-order valence-electron chi connectivity index (χ4n) is 2.50. The van der Waals surface area contributed by atoms with Gasteiger partial charge in [-0.2, -0.15) is 0 Å². The average Bonchev–Trinajstić information content (AvgIpc) is 2.95. The molecule has 0 fully saturated rings. The van der Waals surface area contributed by atoms with E-state index in [4.69, 9.17) is 14.0 Å². The van der Waals surface area contributed by atoms with Crippen molar-refractivity contribution in [1.29, 1.82) is 0 Å². The van der Waals surface area contributed by atoms with Gasteiger partial charge in [-0.05, 0) is 43.2 Å². The molecule has 5 heteroatoms. The van der Waals surface area contributed by atoms with Crippen molar-refractivity contribution in [3.05, 3.63) is 80.1 Å². The van der Waals surface area contributed by atoms with Gasteiger partial charge in [-0.25, -0.2) is 9.95 Å². The highest BCUT2D eigenvalue weighted by Crippen LogP contribution is 2.29. The second-order valence-corrected chi connectivity index (χ2v) is 5.94. The van der Waals surface area contributed by atoms with Gasteiger partial charge >= 0.3 is 5.63 Å². The first-order valence-corrected chi connectivity index (χ1v) is 8.40. The van der Waals surface area contributed by atoms with E-state index in [-0.39, 0.29) is 0 Å². The van der Waals surface area contributed by atoms with Crippen molar-refractivity contribution in [2.75, 3.05) is 6.61 Å². The molecule has 3 aromatic rings. The lowest BCUT2D eigenvalue weighted by Crippen LogP contribution is -2.31. The average molecular weight is 351 g/mol. The van der Waals surface area contributed by atoms with Crippen molar-refractivity contribution in [2.45, 2.75) is 20.5 Å². The van der Waals surface area contributed by atoms with Crippen molar-refractivity contribution in [3.63, 3.8) is 0 Å². The van der Waals surface area contributed by atoms with Gasteiger partial charge in [-0.15, -0.1) is 0 Å². The van der Waals surface area contributed by atoms with Crippen LogP contribution in [0.15, 0.2) is 51.8 Å². The van der Waals surface area contributed by atoms with Gasteiger partial charge in [0.05, 0.1) is 17.2 Å². The number of aryl methyl sites for hydroxylation is 1. The maximum Gasteiger partial charge on any atom is 0.365 e. The monoisotopic (exact) mass is 351 g/mol. The predicted octanol–water partition coefficient (Wildman–Crippen LogP) is 2.49. The highest BCUT2D eigenvalue weighted by atomic mass is 16.5. The number of aromatic nitrogens is 1. The summed E-state index contributed by atoms with van der Waals surface area (Å²) in [4.78, 5) is 11.7. The molecular weight excluding hydrogens is 330 g/mol. The number of hydrogen-bond donors (Lipinski definition) is 1. The van der Waals surface area contributed by atoms with Crippen LogP contribution < -0.4 is 25.7 Å². The SMILES string of the molecule is C=c1[nH]oc(=O)/c1=C\c1ccc(OCc2ccc(C)cc2)c(OCC)c1. The van der Waals surface area contributed by atoms with E-state index in [0.29, 0.717) is 35.3 Å². The van der Waals surface area contributed by atoms with Crippen LogP contribution in [0.3, 0.4) is 0 Å². The minimum atomic E-state index is -0.451. The molecule has 0 unspecified atom stereocenters. The minimum Gasteiger partial charge on any atom is -0.490 e. The van der Waals surface area contributed by atoms with Crippen LogP contribution in [0.2, 0.25) is 0 Å². The quantitative estimate of drug-likeness (QED) is 0.741. The first kappa shape index (κ1) is 17.6. The van der Waals surface area contributed by atoms with Crippen molar-refractivity contribution in [3.8, 4) is 11.5 Å². The van der Waals surface area contributed by atoms with Gasteiger partial charge in [0.2, 0.25) is 0 Å². The van der Waals surface area contributed by atoms with Crippen LogP contribution in [0.25, 0.3) is 12.7 Å². The van der Waals surface area contributed by atoms with Gasteiger partial charge in [0, 0.05) is 0 Å². The van der Waals surface area contributed by atoms with Gasteiger partial charge in [0.1, 0.15) is 6.61 Å². The fraction of sp³-hybridized carbons (Fsp3) is 0.190. The van der Waals surface area contributed by atoms with Crippen LogP contribution in [-0.4, -0.2) is 11.8 Å². The molecule has 0 spiro atoms. The number of rotatable bonds is 6. The summed E-state index contributed by atoms with van der Waals surface area (Å²) >= 11 is 0. The topological polar surface area (TPSA) is 64.5 Å². The molecule has 26 heavy (non-hydrogen) atoms. The fourth-order valence-corrected chi connectivity index (χ4v) is 2.50. The summed E-state index contributed by atoms with van der Waals surface area (Å²) < 4.78 is 16.3. The second-order valence-electron chi connectivity index (χ2n) is 5.94. The normalized spacial score (nSPS) is 11.5. The van der Waals surface area contributed by atoms with E-state index in [1.165, 1.54) is 5.56 Å². The third-order valence-electron chi connectivity index (χ3n) is 3.91. The Hall–Kier alpha value is -3.21. The second kappa shape index (κ2) is 7.78. The van der Waals surface area contributed by atoms with Gasteiger partial charge < -0.3 is 14.0 Å². The molecular formula is C21H21NO4. The molecule has 0 saturated heterocycles. The van der Waals surface area contributed by atoms with Crippen LogP contribution >= 0.6 is 0 Å². The van der Waals surface area contributed by atoms with Crippen molar-refractivity contribution < 1.29 is 14.0 Å². The molecule has 0 bridgehead atoms. The molecule has 2 aromatic carbocycles. The lowest BCUT2D eigenvalue weighted by atomic mass is 10.1. The van der Waals surface area contributed by atoms with E-state index >= 15 is 0 Å². The number of benzene rings is 2. The summed E-state index contributed by atoms with van der Waals surface area (Å²) in [5, 5.41) is 3.29. The third kappa shape index (κ3) is 4.06. The van der Waals surface area contributed by atoms with Crippen molar-refractivity contribution in [2.24, 2.45) is 0 Å². The number of hydrogen-bond acceptors (Lipinski definition) is 4. The molecule has 0 saturated carbocycles. The van der Waals surface area contributed by atoms with Crippen LogP contribution in [0, 0.1) is 6.92 Å². The maximum atomic E-state index is 11.7. The zero-order valence-corrected chi connectivity index (χ0v) is 14.9. The molecule has 1 aromatic heterocycles. The summed E-state index contributed by atoms with van der Waals surface area (Å²) in [6.07, 6.45) is 1.71. The first-order chi connectivity index (χ1) is 12.6. The molecule has 0 aliphatic carbocycles. The number of ether oxygens (including phenoxy) is 2. The Labute approximate surface area is 151 Å². The summed E-state index contributed by atoms with van der Waals surface area (Å²) in [6.45, 7) is 8.67. The molecule has 1 N–H and O–H groups in total. The largest absolute Gasteiger partial charge is 0.490 e. The van der Waals surface area contributed by atoms with Crippen LogP contribution in [-0.2, 0) is 6.61 Å². The Bertz CT molecular complexity index is 1010. The molecule has 1 heterocycles. The molecule has 0 aliphatic rings. The van der Waals surface area contributed by atoms with Crippen LogP contribution in [0.5, 0.6) is 11.5 Å². The van der Waals surface area contributed by atoms with E-state index < -0.39 is 5.63 Å². The van der Waals surface area contributed by atoms with E-state index in [0.717, 1.165) is 11.1 Å². The Kier molecular flexibility index (Phi) is 5.27. The lowest BCUT2D eigenvalue weighted by Gasteiger charge is -2.13. The molecule has 5 nitrogen and oxygen atoms in total. The number of nitrogens with one attached hydrogen (secondary N) is 1. The molecule has 0 amide bonds. The summed E-state index contributed by atoms with van der Waals surface area (Å²) in [7, 11) is 0. The van der Waals surface area contributed by atoms with E-state index in [9.17, 15) is 4.79 Å². The van der Waals surface area contributed by atoms with E-state index in [2.05, 4.69) is 30.8 Å². The molecule has 0 aliphatic heterocycles. The van der Waals surface area contributed by atoms with Crippen LogP contribution in [0.4, 0.5) is 0 Å². The van der Waals surface area contributed by atoms with E-state index in [1.807, 2.05) is 37.3 Å². The highest BCUT2D eigenvalue weighted by Gasteiger charge is 2.07. The van der Waals surface area contributed by atoms with Crippen LogP contribution in [0.1, 0.15) is 23.6 Å². The summed E-state index contributed by atoms with van der Waals surface area (Å²) in [6, 6.07) is 13.7. The smallest absolute Gasteiger partial charge is 0.365 e. The van der Waals surface area contributed by atoms with Crippen molar-refractivity contribution in [1.82, 2.24) is 5.16 Å². The van der Waals surface area contributed by atoms with Gasteiger partial charge in [0.15, 0.2) is 11.5 Å². The Morgan fingerprint density at radius 2 is 1.88 bits per heavy atom. The molecule has 0 radical (unpaired) electrons. The first-order valence-electron chi connectivity index (χ1n) is 8.40. The van der Waals surface area contributed by atoms with Gasteiger partial charge in [0.25, 0.3) is 0 Å². The standard InChI is InChI=1S/C21H21NO4/c1-4-24-20-12-17(11-18-15(3)22-26-21(18)23)9-10-19(20)25-13-16-7-5-14(2)6-8-16/h5-12,22H,3-4,13H2,1-2H3/b18-11-. The number of aromatic amines is 1. The summed E-state index contributed by atoms with van der Waals surface area (Å²) in [5.74, 6) is 1.28. The third-order valence-corrected chi connectivity index (χ3v) is 3.91. The number of H-pyrrole nitrogens is 1. The predicted molar refractivity (Wildman–Crippen MR) is 101 cm³/mol. The Morgan fingerprint density at radius 3 is 2.54 bits per heavy atom. The summed E-state index contributed by atoms with van der Waals surface area (Å²) in [5.41, 5.74) is 2.64. The Morgan fingerprint density at radius 1 is 1.12 bits per heavy atom. The molecule has 3 rings (SSSR count). The highest BCUT2D eigenvalue weighted by molar-refractivity contribution is 5.55. The zero-order chi connectivity index (χ0) is 18.5. The molecule has 134 valence electrons. The van der Waals surface area contributed by atoms with Gasteiger partial charge in [-0.1, -0.05) is 42.5 Å².